The number of carboxylic acid groups (broad SMARTS) is 2. The zero-order valence-corrected chi connectivity index (χ0v) is 7.64. The number of nitrogens with two attached hydrogens (primary N) is 1. The Balaban J connectivity index is 4.37. The van der Waals surface area contributed by atoms with E-state index in [1.165, 1.54) is 7.05 Å². The van der Waals surface area contributed by atoms with Crippen molar-refractivity contribution in [3.05, 3.63) is 0 Å². The highest BCUT2D eigenvalue weighted by Gasteiger charge is 2.25. The van der Waals surface area contributed by atoms with E-state index in [2.05, 4.69) is 0 Å². The molecule has 1 unspecified atom stereocenters. The van der Waals surface area contributed by atoms with E-state index in [0.717, 1.165) is 4.90 Å². The monoisotopic (exact) mass is 204 g/mol. The van der Waals surface area contributed by atoms with Gasteiger partial charge in [-0.15, -0.1) is 0 Å². The molecule has 0 aromatic heterocycles. The smallest absolute Gasteiger partial charge is 0.326 e. The molecule has 0 heterocycles. The number of primary amides is 1. The van der Waals surface area contributed by atoms with Gasteiger partial charge in [-0.05, 0) is 6.42 Å². The van der Waals surface area contributed by atoms with Crippen LogP contribution in [0.5, 0.6) is 0 Å². The first kappa shape index (κ1) is 12.2. The number of hydrogen-bond donors (Lipinski definition) is 3. The Bertz CT molecular complexity index is 252. The van der Waals surface area contributed by atoms with Crippen molar-refractivity contribution >= 4 is 18.0 Å². The molecule has 0 aromatic rings. The maximum absolute atomic E-state index is 10.6. The Morgan fingerprint density at radius 1 is 1.36 bits per heavy atom. The molecule has 0 spiro atoms. The van der Waals surface area contributed by atoms with Crippen molar-refractivity contribution < 1.29 is 24.6 Å². The van der Waals surface area contributed by atoms with Crippen LogP contribution >= 0.6 is 0 Å². The Hall–Kier alpha value is -1.79. The van der Waals surface area contributed by atoms with Gasteiger partial charge in [0, 0.05) is 13.5 Å². The minimum absolute atomic E-state index is 0.163. The number of carboxylic acids is 2. The Labute approximate surface area is 80.1 Å². The number of likely N-dealkylation sites (N-methyl/N-ethyl adjacent to an activating group) is 1. The summed E-state index contributed by atoms with van der Waals surface area (Å²) in [6.07, 6.45) is -0.487. The molecule has 1 atom stereocenters. The minimum Gasteiger partial charge on any atom is -0.481 e. The molecule has 7 heteroatoms. The fraction of sp³-hybridized carbons (Fsp3) is 0.571. The summed E-state index contributed by atoms with van der Waals surface area (Å²) in [5.74, 6) is -2.39. The van der Waals surface area contributed by atoms with E-state index in [0.29, 0.717) is 0 Å². The van der Waals surface area contributed by atoms with Crippen molar-refractivity contribution in [1.29, 1.82) is 0 Å². The number of rotatable bonds is 5. The van der Waals surface area contributed by atoms with Crippen LogP contribution in [0.4, 0.5) is 4.79 Å². The lowest BCUT2D eigenvalue weighted by Crippen LogP contribution is -2.45. The molecule has 7 nitrogen and oxygen atoms in total. The topological polar surface area (TPSA) is 121 Å². The molecule has 0 rings (SSSR count). The number of aliphatic carboxylic acids is 2. The van der Waals surface area contributed by atoms with Crippen molar-refractivity contribution in [3.8, 4) is 0 Å². The van der Waals surface area contributed by atoms with Crippen molar-refractivity contribution in [2.75, 3.05) is 7.05 Å². The van der Waals surface area contributed by atoms with E-state index in [1.54, 1.807) is 0 Å². The van der Waals surface area contributed by atoms with Crippen molar-refractivity contribution in [2.45, 2.75) is 18.9 Å². The van der Waals surface area contributed by atoms with Crippen LogP contribution in [0.1, 0.15) is 12.8 Å². The van der Waals surface area contributed by atoms with Gasteiger partial charge in [-0.1, -0.05) is 0 Å². The summed E-state index contributed by atoms with van der Waals surface area (Å²) in [7, 11) is 1.21. The average molecular weight is 204 g/mol. The maximum atomic E-state index is 10.6. The van der Waals surface area contributed by atoms with Gasteiger partial charge in [0.2, 0.25) is 0 Å². The van der Waals surface area contributed by atoms with Gasteiger partial charge in [-0.3, -0.25) is 4.79 Å². The van der Waals surface area contributed by atoms with Crippen LogP contribution in [-0.4, -0.2) is 46.2 Å². The summed E-state index contributed by atoms with van der Waals surface area (Å²) in [4.78, 5) is 32.2. The first-order valence-corrected chi connectivity index (χ1v) is 3.83. The highest BCUT2D eigenvalue weighted by atomic mass is 16.4. The maximum Gasteiger partial charge on any atom is 0.326 e. The lowest BCUT2D eigenvalue weighted by Gasteiger charge is -2.21. The molecule has 0 saturated heterocycles. The van der Waals surface area contributed by atoms with Gasteiger partial charge in [-0.25, -0.2) is 9.59 Å². The van der Waals surface area contributed by atoms with Crippen LogP contribution < -0.4 is 5.73 Å². The number of nitrogens with zero attached hydrogens (tertiary/aromatic N) is 1. The molecule has 0 fully saturated rings. The van der Waals surface area contributed by atoms with Gasteiger partial charge in [0.05, 0.1) is 0 Å². The number of carbonyl (C=O) groups is 3. The van der Waals surface area contributed by atoms with Crippen LogP contribution in [0.2, 0.25) is 0 Å². The molecule has 0 aliphatic rings. The van der Waals surface area contributed by atoms with Crippen molar-refractivity contribution in [1.82, 2.24) is 4.90 Å². The predicted octanol–water partition coefficient (Wildman–Crippen LogP) is -0.685. The normalized spacial score (nSPS) is 11.8. The fourth-order valence-electron chi connectivity index (χ4n) is 0.897. The molecule has 2 amide bonds. The number of hydrogen-bond acceptors (Lipinski definition) is 3. The van der Waals surface area contributed by atoms with Crippen LogP contribution in [0.3, 0.4) is 0 Å². The molecule has 0 aliphatic heterocycles. The zero-order valence-electron chi connectivity index (χ0n) is 7.64. The summed E-state index contributed by atoms with van der Waals surface area (Å²) in [6, 6.07) is -2.09. The summed E-state index contributed by atoms with van der Waals surface area (Å²) < 4.78 is 0. The third-order valence-corrected chi connectivity index (χ3v) is 1.73. The Kier molecular flexibility index (Phi) is 4.41. The lowest BCUT2D eigenvalue weighted by atomic mass is 10.1. The third kappa shape index (κ3) is 3.74. The quantitative estimate of drug-likeness (QED) is 0.547. The lowest BCUT2D eigenvalue weighted by molar-refractivity contribution is -0.142. The summed E-state index contributed by atoms with van der Waals surface area (Å²) in [6.45, 7) is 0. The predicted molar refractivity (Wildman–Crippen MR) is 45.6 cm³/mol. The summed E-state index contributed by atoms with van der Waals surface area (Å²) >= 11 is 0. The van der Waals surface area contributed by atoms with E-state index < -0.39 is 24.0 Å². The molecule has 14 heavy (non-hydrogen) atoms. The van der Waals surface area contributed by atoms with E-state index >= 15 is 0 Å². The number of urea groups is 1. The largest absolute Gasteiger partial charge is 0.481 e. The van der Waals surface area contributed by atoms with Gasteiger partial charge in [0.1, 0.15) is 6.04 Å². The SMILES string of the molecule is CN(C(N)=O)C(CCC(=O)O)C(=O)O. The second kappa shape index (κ2) is 5.05. The first-order chi connectivity index (χ1) is 6.36. The van der Waals surface area contributed by atoms with E-state index in [4.69, 9.17) is 15.9 Å². The van der Waals surface area contributed by atoms with Crippen LogP contribution in [0.15, 0.2) is 0 Å². The molecule has 0 bridgehead atoms. The van der Waals surface area contributed by atoms with Crippen LogP contribution in [0, 0.1) is 0 Å². The van der Waals surface area contributed by atoms with E-state index in [-0.39, 0.29) is 12.8 Å². The van der Waals surface area contributed by atoms with E-state index in [9.17, 15) is 14.4 Å². The van der Waals surface area contributed by atoms with Crippen LogP contribution in [0.25, 0.3) is 0 Å². The molecule has 4 N–H and O–H groups in total. The molecule has 0 radical (unpaired) electrons. The highest BCUT2D eigenvalue weighted by molar-refractivity contribution is 5.82. The fourth-order valence-corrected chi connectivity index (χ4v) is 0.897. The van der Waals surface area contributed by atoms with E-state index in [1.807, 2.05) is 0 Å². The van der Waals surface area contributed by atoms with Gasteiger partial charge < -0.3 is 20.8 Å². The Morgan fingerprint density at radius 2 is 1.86 bits per heavy atom. The second-order valence-electron chi connectivity index (χ2n) is 2.74. The minimum atomic E-state index is -1.27. The third-order valence-electron chi connectivity index (χ3n) is 1.73. The van der Waals surface area contributed by atoms with Gasteiger partial charge in [-0.2, -0.15) is 0 Å². The summed E-state index contributed by atoms with van der Waals surface area (Å²) in [5.41, 5.74) is 4.86. The molecular weight excluding hydrogens is 192 g/mol. The van der Waals surface area contributed by atoms with Gasteiger partial charge in [0.25, 0.3) is 0 Å². The van der Waals surface area contributed by atoms with Crippen molar-refractivity contribution in [2.24, 2.45) is 5.73 Å². The molecule has 0 aliphatic carbocycles. The van der Waals surface area contributed by atoms with Gasteiger partial charge >= 0.3 is 18.0 Å². The summed E-state index contributed by atoms with van der Waals surface area (Å²) in [5, 5.41) is 17.0. The van der Waals surface area contributed by atoms with Gasteiger partial charge in [0.15, 0.2) is 0 Å². The molecule has 80 valence electrons. The average Bonchev–Trinajstić information content (AvgIpc) is 2.02. The number of carbonyl (C=O) groups excluding carboxylic acids is 1. The Morgan fingerprint density at radius 3 is 2.14 bits per heavy atom. The van der Waals surface area contributed by atoms with Crippen molar-refractivity contribution in [3.63, 3.8) is 0 Å². The van der Waals surface area contributed by atoms with Crippen LogP contribution in [-0.2, 0) is 9.59 Å². The number of amides is 2. The first-order valence-electron chi connectivity index (χ1n) is 3.83. The molecular formula is C7H12N2O5. The highest BCUT2D eigenvalue weighted by Crippen LogP contribution is 2.05. The second-order valence-corrected chi connectivity index (χ2v) is 2.74. The molecule has 0 aromatic carbocycles. The molecule has 0 saturated carbocycles. The standard InChI is InChI=1S/C7H12N2O5/c1-9(7(8)14)4(6(12)13)2-3-5(10)11/h4H,2-3H2,1H3,(H2,8,14)(H,10,11)(H,12,13). The zero-order chi connectivity index (χ0) is 11.3.